The van der Waals surface area contributed by atoms with Crippen LogP contribution in [0.5, 0.6) is 11.5 Å². The normalized spacial score (nSPS) is 16.6. The molecule has 0 spiro atoms. The molecule has 1 aliphatic heterocycles. The van der Waals surface area contributed by atoms with Crippen molar-refractivity contribution in [3.05, 3.63) is 88.9 Å². The molecule has 0 bridgehead atoms. The highest BCUT2D eigenvalue weighted by Crippen LogP contribution is 2.38. The van der Waals surface area contributed by atoms with Crippen LogP contribution in [-0.4, -0.2) is 5.91 Å². The fraction of sp³-hybridized carbons (Fsp3) is 0.174. The minimum absolute atomic E-state index is 0.0837. The Bertz CT molecular complexity index is 951. The predicted octanol–water partition coefficient (Wildman–Crippen LogP) is 6.31. The van der Waals surface area contributed by atoms with Gasteiger partial charge in [0, 0.05) is 17.1 Å². The van der Waals surface area contributed by atoms with Gasteiger partial charge < -0.3 is 9.64 Å². The molecule has 136 valence electrons. The van der Waals surface area contributed by atoms with Crippen LogP contribution in [0.1, 0.15) is 30.0 Å². The van der Waals surface area contributed by atoms with Crippen molar-refractivity contribution >= 4 is 23.2 Å². The largest absolute Gasteiger partial charge is 0.457 e. The van der Waals surface area contributed by atoms with Crippen molar-refractivity contribution in [2.45, 2.75) is 25.8 Å². The van der Waals surface area contributed by atoms with E-state index in [0.29, 0.717) is 11.4 Å². The highest BCUT2D eigenvalue weighted by molar-refractivity contribution is 6.30. The number of halogens is 1. The summed E-state index contributed by atoms with van der Waals surface area (Å²) < 4.78 is 5.84. The third kappa shape index (κ3) is 3.83. The molecule has 0 radical (unpaired) electrons. The standard InChI is InChI=1S/C23H20ClNO2/c1-16-3-2-4-17(15-16)22-13-14-23(26)25(22)19-7-11-21(12-8-19)27-20-9-5-18(24)6-10-20/h2-12,15,22H,13-14H2,1H3/t22-/m1/s1. The Morgan fingerprint density at radius 3 is 2.30 bits per heavy atom. The smallest absolute Gasteiger partial charge is 0.227 e. The summed E-state index contributed by atoms with van der Waals surface area (Å²) in [5, 5.41) is 0.674. The van der Waals surface area contributed by atoms with Gasteiger partial charge in [0.2, 0.25) is 5.91 Å². The Labute approximate surface area is 164 Å². The lowest BCUT2D eigenvalue weighted by Crippen LogP contribution is -2.27. The van der Waals surface area contributed by atoms with Crippen molar-refractivity contribution in [2.75, 3.05) is 4.90 Å². The van der Waals surface area contributed by atoms with Gasteiger partial charge in [-0.15, -0.1) is 0 Å². The van der Waals surface area contributed by atoms with Crippen molar-refractivity contribution in [3.63, 3.8) is 0 Å². The molecule has 0 N–H and O–H groups in total. The van der Waals surface area contributed by atoms with E-state index < -0.39 is 0 Å². The van der Waals surface area contributed by atoms with Crippen LogP contribution >= 0.6 is 11.6 Å². The molecule has 1 amide bonds. The second-order valence-electron chi connectivity index (χ2n) is 6.78. The predicted molar refractivity (Wildman–Crippen MR) is 109 cm³/mol. The number of nitrogens with zero attached hydrogens (tertiary/aromatic N) is 1. The van der Waals surface area contributed by atoms with Crippen molar-refractivity contribution in [1.29, 1.82) is 0 Å². The summed E-state index contributed by atoms with van der Waals surface area (Å²) in [6, 6.07) is 23.4. The lowest BCUT2D eigenvalue weighted by molar-refractivity contribution is -0.117. The maximum atomic E-state index is 12.5. The number of carbonyl (C=O) groups is 1. The average molecular weight is 378 g/mol. The van der Waals surface area contributed by atoms with Crippen LogP contribution in [-0.2, 0) is 4.79 Å². The lowest BCUT2D eigenvalue weighted by Gasteiger charge is -2.25. The molecule has 1 fully saturated rings. The van der Waals surface area contributed by atoms with Crippen LogP contribution in [0.25, 0.3) is 0 Å². The van der Waals surface area contributed by atoms with Crippen LogP contribution in [0.2, 0.25) is 5.02 Å². The van der Waals surface area contributed by atoms with Gasteiger partial charge in [-0.05, 0) is 67.4 Å². The molecule has 0 aliphatic carbocycles. The summed E-state index contributed by atoms with van der Waals surface area (Å²) in [7, 11) is 0. The number of anilines is 1. The Kier molecular flexibility index (Phi) is 4.87. The van der Waals surface area contributed by atoms with Crippen LogP contribution in [0.3, 0.4) is 0 Å². The summed E-state index contributed by atoms with van der Waals surface area (Å²) in [5.41, 5.74) is 3.29. The molecular formula is C23H20ClNO2. The summed E-state index contributed by atoms with van der Waals surface area (Å²) in [6.45, 7) is 2.08. The molecule has 1 heterocycles. The molecule has 3 nitrogen and oxygen atoms in total. The van der Waals surface area contributed by atoms with E-state index >= 15 is 0 Å². The van der Waals surface area contributed by atoms with Gasteiger partial charge in [-0.25, -0.2) is 0 Å². The highest BCUT2D eigenvalue weighted by Gasteiger charge is 2.33. The van der Waals surface area contributed by atoms with E-state index in [2.05, 4.69) is 31.2 Å². The summed E-state index contributed by atoms with van der Waals surface area (Å²) in [5.74, 6) is 1.61. The first-order chi connectivity index (χ1) is 13.1. The van der Waals surface area contributed by atoms with Crippen LogP contribution < -0.4 is 9.64 Å². The van der Waals surface area contributed by atoms with Gasteiger partial charge in [0.25, 0.3) is 0 Å². The first-order valence-electron chi connectivity index (χ1n) is 9.02. The molecule has 4 heteroatoms. The van der Waals surface area contributed by atoms with Gasteiger partial charge >= 0.3 is 0 Å². The zero-order chi connectivity index (χ0) is 18.8. The van der Waals surface area contributed by atoms with Crippen molar-refractivity contribution < 1.29 is 9.53 Å². The SMILES string of the molecule is Cc1cccc([C@H]2CCC(=O)N2c2ccc(Oc3ccc(Cl)cc3)cc2)c1. The Morgan fingerprint density at radius 2 is 1.63 bits per heavy atom. The van der Waals surface area contributed by atoms with E-state index in [4.69, 9.17) is 16.3 Å². The van der Waals surface area contributed by atoms with E-state index in [9.17, 15) is 4.79 Å². The minimum Gasteiger partial charge on any atom is -0.457 e. The fourth-order valence-corrected chi connectivity index (χ4v) is 3.64. The molecule has 0 saturated carbocycles. The van der Waals surface area contributed by atoms with Crippen molar-refractivity contribution in [1.82, 2.24) is 0 Å². The summed E-state index contributed by atoms with van der Waals surface area (Å²) in [4.78, 5) is 14.4. The zero-order valence-corrected chi connectivity index (χ0v) is 15.8. The second kappa shape index (κ2) is 7.45. The third-order valence-corrected chi connectivity index (χ3v) is 5.06. The van der Waals surface area contributed by atoms with Gasteiger partial charge in [-0.1, -0.05) is 41.4 Å². The van der Waals surface area contributed by atoms with Gasteiger partial charge in [-0.3, -0.25) is 4.79 Å². The molecule has 0 unspecified atom stereocenters. The fourth-order valence-electron chi connectivity index (χ4n) is 3.51. The number of benzene rings is 3. The van der Waals surface area contributed by atoms with Crippen LogP contribution in [0.4, 0.5) is 5.69 Å². The Hall–Kier alpha value is -2.78. The molecule has 1 aliphatic rings. The first-order valence-corrected chi connectivity index (χ1v) is 9.40. The molecule has 3 aromatic carbocycles. The summed E-state index contributed by atoms with van der Waals surface area (Å²) in [6.07, 6.45) is 1.41. The van der Waals surface area contributed by atoms with E-state index in [-0.39, 0.29) is 11.9 Å². The molecule has 1 saturated heterocycles. The number of ether oxygens (including phenoxy) is 1. The molecule has 0 aromatic heterocycles. The van der Waals surface area contributed by atoms with E-state index in [1.165, 1.54) is 11.1 Å². The van der Waals surface area contributed by atoms with Gasteiger partial charge in [0.05, 0.1) is 6.04 Å². The average Bonchev–Trinajstić information content (AvgIpc) is 3.06. The summed E-state index contributed by atoms with van der Waals surface area (Å²) >= 11 is 5.90. The lowest BCUT2D eigenvalue weighted by atomic mass is 10.0. The van der Waals surface area contributed by atoms with Crippen molar-refractivity contribution in [2.24, 2.45) is 0 Å². The van der Waals surface area contributed by atoms with Crippen LogP contribution in [0, 0.1) is 6.92 Å². The van der Waals surface area contributed by atoms with Gasteiger partial charge in [0.1, 0.15) is 11.5 Å². The van der Waals surface area contributed by atoms with Gasteiger partial charge in [-0.2, -0.15) is 0 Å². The monoisotopic (exact) mass is 377 g/mol. The van der Waals surface area contributed by atoms with E-state index in [0.717, 1.165) is 23.6 Å². The first kappa shape index (κ1) is 17.6. The highest BCUT2D eigenvalue weighted by atomic mass is 35.5. The minimum atomic E-state index is 0.0837. The number of hydrogen-bond donors (Lipinski definition) is 0. The third-order valence-electron chi connectivity index (χ3n) is 4.80. The quantitative estimate of drug-likeness (QED) is 0.533. The molecule has 3 aromatic rings. The Morgan fingerprint density at radius 1 is 0.963 bits per heavy atom. The Balaban J connectivity index is 1.56. The number of amides is 1. The maximum absolute atomic E-state index is 12.5. The zero-order valence-electron chi connectivity index (χ0n) is 15.1. The second-order valence-corrected chi connectivity index (χ2v) is 7.22. The topological polar surface area (TPSA) is 29.5 Å². The molecule has 27 heavy (non-hydrogen) atoms. The number of aryl methyl sites for hydroxylation is 1. The molecule has 1 atom stereocenters. The molecule has 4 rings (SSSR count). The number of carbonyl (C=O) groups excluding carboxylic acids is 1. The van der Waals surface area contributed by atoms with Crippen molar-refractivity contribution in [3.8, 4) is 11.5 Å². The van der Waals surface area contributed by atoms with E-state index in [1.807, 2.05) is 41.3 Å². The van der Waals surface area contributed by atoms with Gasteiger partial charge in [0.15, 0.2) is 0 Å². The maximum Gasteiger partial charge on any atom is 0.227 e. The molecular weight excluding hydrogens is 358 g/mol. The number of hydrogen-bond acceptors (Lipinski definition) is 2. The van der Waals surface area contributed by atoms with E-state index in [1.54, 1.807) is 12.1 Å². The van der Waals surface area contributed by atoms with Crippen LogP contribution in [0.15, 0.2) is 72.8 Å². The number of rotatable bonds is 4.